The van der Waals surface area contributed by atoms with Gasteiger partial charge in [0.2, 0.25) is 0 Å². The summed E-state index contributed by atoms with van der Waals surface area (Å²) in [5, 5.41) is 1.60. The highest BCUT2D eigenvalue weighted by atomic mass is 35.5. The van der Waals surface area contributed by atoms with Gasteiger partial charge < -0.3 is 4.74 Å². The van der Waals surface area contributed by atoms with Gasteiger partial charge in [-0.15, -0.1) is 0 Å². The highest BCUT2D eigenvalue weighted by Crippen LogP contribution is 2.40. The van der Waals surface area contributed by atoms with E-state index in [0.717, 1.165) is 27.8 Å². The van der Waals surface area contributed by atoms with Crippen molar-refractivity contribution in [2.75, 3.05) is 0 Å². The lowest BCUT2D eigenvalue weighted by molar-refractivity contribution is 0.246. The van der Waals surface area contributed by atoms with Crippen LogP contribution in [0, 0.1) is 0 Å². The van der Waals surface area contributed by atoms with E-state index in [1.165, 1.54) is 0 Å². The molecule has 0 saturated heterocycles. The van der Waals surface area contributed by atoms with E-state index in [0.29, 0.717) is 5.02 Å². The van der Waals surface area contributed by atoms with Crippen LogP contribution in [-0.2, 0) is 0 Å². The van der Waals surface area contributed by atoms with E-state index in [2.05, 4.69) is 4.98 Å². The normalized spacial score (nSPS) is 11.0. The molecule has 0 aliphatic heterocycles. The molecule has 0 amide bonds. The van der Waals surface area contributed by atoms with Crippen LogP contribution in [0.1, 0.15) is 13.8 Å². The Kier molecular flexibility index (Phi) is 3.80. The summed E-state index contributed by atoms with van der Waals surface area (Å²) in [6, 6.07) is 15.9. The molecule has 0 fully saturated rings. The first-order chi connectivity index (χ1) is 10.2. The molecule has 0 aliphatic carbocycles. The number of rotatable bonds is 3. The average Bonchev–Trinajstić information content (AvgIpc) is 2.50. The summed E-state index contributed by atoms with van der Waals surface area (Å²) in [5.41, 5.74) is 2.85. The van der Waals surface area contributed by atoms with Gasteiger partial charge in [0, 0.05) is 17.1 Å². The van der Waals surface area contributed by atoms with Gasteiger partial charge in [0.05, 0.1) is 11.1 Å². The largest absolute Gasteiger partial charge is 0.488 e. The van der Waals surface area contributed by atoms with Gasteiger partial charge in [-0.2, -0.15) is 0 Å². The van der Waals surface area contributed by atoms with Crippen LogP contribution >= 0.6 is 11.6 Å². The highest BCUT2D eigenvalue weighted by molar-refractivity contribution is 6.36. The van der Waals surface area contributed by atoms with Crippen LogP contribution in [0.25, 0.3) is 22.0 Å². The van der Waals surface area contributed by atoms with Gasteiger partial charge in [0.15, 0.2) is 5.75 Å². The number of hydrogen-bond donors (Lipinski definition) is 0. The molecule has 0 radical (unpaired) electrons. The molecule has 0 unspecified atom stereocenters. The van der Waals surface area contributed by atoms with Crippen LogP contribution in [0.5, 0.6) is 5.75 Å². The van der Waals surface area contributed by atoms with Crippen molar-refractivity contribution in [3.05, 3.63) is 59.8 Å². The lowest BCUT2D eigenvalue weighted by Gasteiger charge is -2.17. The monoisotopic (exact) mass is 297 g/mol. The van der Waals surface area contributed by atoms with Crippen molar-refractivity contribution in [2.45, 2.75) is 20.0 Å². The second-order valence-electron chi connectivity index (χ2n) is 5.17. The third-order valence-corrected chi connectivity index (χ3v) is 3.55. The maximum absolute atomic E-state index is 6.43. The first-order valence-corrected chi connectivity index (χ1v) is 7.34. The second kappa shape index (κ2) is 5.74. The van der Waals surface area contributed by atoms with E-state index < -0.39 is 0 Å². The first-order valence-electron chi connectivity index (χ1n) is 6.96. The van der Waals surface area contributed by atoms with Gasteiger partial charge >= 0.3 is 0 Å². The molecule has 0 aliphatic rings. The maximum atomic E-state index is 6.43. The highest BCUT2D eigenvalue weighted by Gasteiger charge is 2.16. The summed E-state index contributed by atoms with van der Waals surface area (Å²) in [5.74, 6) is 0.788. The van der Waals surface area contributed by atoms with Gasteiger partial charge in [0.25, 0.3) is 0 Å². The van der Waals surface area contributed by atoms with Crippen LogP contribution in [0.3, 0.4) is 0 Å². The molecular formula is C18H16ClNO. The van der Waals surface area contributed by atoms with Gasteiger partial charge in [-0.25, -0.2) is 0 Å². The summed E-state index contributed by atoms with van der Waals surface area (Å²) >= 11 is 6.43. The second-order valence-corrected chi connectivity index (χ2v) is 5.57. The lowest BCUT2D eigenvalue weighted by Crippen LogP contribution is -2.07. The quantitative estimate of drug-likeness (QED) is 0.651. The SMILES string of the molecule is CC(C)Oc1c(-c2ccccc2)cc(Cl)c2cccnc12. The molecule has 3 rings (SSSR count). The van der Waals surface area contributed by atoms with Crippen LogP contribution < -0.4 is 4.74 Å². The average molecular weight is 298 g/mol. The van der Waals surface area contributed by atoms with Crippen molar-refractivity contribution in [3.63, 3.8) is 0 Å². The molecule has 3 heteroatoms. The molecule has 2 aromatic carbocycles. The number of fused-ring (bicyclic) bond motifs is 1. The predicted molar refractivity (Wildman–Crippen MR) is 88.0 cm³/mol. The van der Waals surface area contributed by atoms with Crippen molar-refractivity contribution >= 4 is 22.5 Å². The molecule has 0 N–H and O–H groups in total. The Bertz CT molecular complexity index is 769. The Morgan fingerprint density at radius 3 is 2.52 bits per heavy atom. The van der Waals surface area contributed by atoms with Gasteiger partial charge in [-0.3, -0.25) is 4.98 Å². The third-order valence-electron chi connectivity index (χ3n) is 3.23. The molecule has 21 heavy (non-hydrogen) atoms. The summed E-state index contributed by atoms with van der Waals surface area (Å²) in [6.45, 7) is 4.02. The number of ether oxygens (including phenoxy) is 1. The maximum Gasteiger partial charge on any atom is 0.153 e. The standard InChI is InChI=1S/C18H16ClNO/c1-12(2)21-18-15(13-7-4-3-5-8-13)11-16(19)14-9-6-10-20-17(14)18/h3-12H,1-2H3. The number of hydrogen-bond acceptors (Lipinski definition) is 2. The van der Waals surface area contributed by atoms with Crippen LogP contribution in [0.15, 0.2) is 54.7 Å². The molecule has 1 aromatic heterocycles. The minimum Gasteiger partial charge on any atom is -0.488 e. The zero-order chi connectivity index (χ0) is 14.8. The first kappa shape index (κ1) is 13.9. The van der Waals surface area contributed by atoms with E-state index in [4.69, 9.17) is 16.3 Å². The molecular weight excluding hydrogens is 282 g/mol. The van der Waals surface area contributed by atoms with Crippen molar-refractivity contribution in [1.29, 1.82) is 0 Å². The fourth-order valence-corrected chi connectivity index (χ4v) is 2.63. The Labute approximate surface area is 129 Å². The van der Waals surface area contributed by atoms with Crippen molar-refractivity contribution in [2.24, 2.45) is 0 Å². The molecule has 0 saturated carbocycles. The number of nitrogens with zero attached hydrogens (tertiary/aromatic N) is 1. The van der Waals surface area contributed by atoms with E-state index in [9.17, 15) is 0 Å². The topological polar surface area (TPSA) is 22.1 Å². The molecule has 0 bridgehead atoms. The molecule has 106 valence electrons. The Balaban J connectivity index is 2.32. The molecule has 3 aromatic rings. The fourth-order valence-electron chi connectivity index (χ4n) is 2.36. The Morgan fingerprint density at radius 1 is 1.05 bits per heavy atom. The van der Waals surface area contributed by atoms with E-state index in [1.807, 2.05) is 62.4 Å². The number of benzene rings is 2. The van der Waals surface area contributed by atoms with Gasteiger partial charge in [0.1, 0.15) is 5.52 Å². The Hall–Kier alpha value is -2.06. The van der Waals surface area contributed by atoms with Crippen molar-refractivity contribution in [1.82, 2.24) is 4.98 Å². The Morgan fingerprint density at radius 2 is 1.81 bits per heavy atom. The third kappa shape index (κ3) is 2.72. The smallest absolute Gasteiger partial charge is 0.153 e. The molecule has 0 spiro atoms. The zero-order valence-electron chi connectivity index (χ0n) is 12.0. The van der Waals surface area contributed by atoms with E-state index in [-0.39, 0.29) is 6.10 Å². The lowest BCUT2D eigenvalue weighted by atomic mass is 10.0. The van der Waals surface area contributed by atoms with Crippen LogP contribution in [0.4, 0.5) is 0 Å². The van der Waals surface area contributed by atoms with E-state index >= 15 is 0 Å². The van der Waals surface area contributed by atoms with Crippen LogP contribution in [-0.4, -0.2) is 11.1 Å². The summed E-state index contributed by atoms with van der Waals surface area (Å²) in [7, 11) is 0. The van der Waals surface area contributed by atoms with E-state index in [1.54, 1.807) is 6.20 Å². The number of pyridine rings is 1. The van der Waals surface area contributed by atoms with Gasteiger partial charge in [-0.05, 0) is 37.6 Å². The minimum atomic E-state index is 0.0684. The van der Waals surface area contributed by atoms with Gasteiger partial charge in [-0.1, -0.05) is 41.9 Å². The fraction of sp³-hybridized carbons (Fsp3) is 0.167. The predicted octanol–water partition coefficient (Wildman–Crippen LogP) is 5.34. The molecule has 2 nitrogen and oxygen atoms in total. The van der Waals surface area contributed by atoms with Crippen LogP contribution in [0.2, 0.25) is 5.02 Å². The molecule has 1 heterocycles. The number of halogens is 1. The summed E-state index contributed by atoms with van der Waals surface area (Å²) in [6.07, 6.45) is 1.83. The zero-order valence-corrected chi connectivity index (χ0v) is 12.8. The summed E-state index contributed by atoms with van der Waals surface area (Å²) in [4.78, 5) is 4.47. The van der Waals surface area contributed by atoms with Crippen molar-refractivity contribution < 1.29 is 4.74 Å². The molecule has 0 atom stereocenters. The number of aromatic nitrogens is 1. The minimum absolute atomic E-state index is 0.0684. The van der Waals surface area contributed by atoms with Crippen molar-refractivity contribution in [3.8, 4) is 16.9 Å². The summed E-state index contributed by atoms with van der Waals surface area (Å²) < 4.78 is 6.05.